The van der Waals surface area contributed by atoms with Crippen molar-refractivity contribution in [2.24, 2.45) is 23.7 Å². The number of ether oxygens (including phenoxy) is 1. The van der Waals surface area contributed by atoms with Crippen molar-refractivity contribution in [2.75, 3.05) is 7.11 Å². The minimum atomic E-state index is -0.959. The molecule has 2 aromatic carbocycles. The molecule has 0 aromatic heterocycles. The van der Waals surface area contributed by atoms with Gasteiger partial charge in [-0.2, -0.15) is 0 Å². The molecule has 0 heterocycles. The monoisotopic (exact) mass is 404 g/mol. The third-order valence-corrected chi connectivity index (χ3v) is 7.55. The Morgan fingerprint density at radius 2 is 1.60 bits per heavy atom. The van der Waals surface area contributed by atoms with Crippen LogP contribution < -0.4 is 4.74 Å². The molecule has 0 aliphatic heterocycles. The summed E-state index contributed by atoms with van der Waals surface area (Å²) in [7, 11) is 1.65. The summed E-state index contributed by atoms with van der Waals surface area (Å²) in [6.45, 7) is 0. The maximum Gasteiger partial charge on any atom is 0.328 e. The molecule has 0 amide bonds. The van der Waals surface area contributed by atoms with E-state index in [4.69, 9.17) is 9.84 Å². The van der Waals surface area contributed by atoms with Gasteiger partial charge in [0.15, 0.2) is 11.5 Å². The van der Waals surface area contributed by atoms with Crippen molar-refractivity contribution in [1.29, 1.82) is 0 Å². The number of benzene rings is 2. The fraction of sp³-hybridized carbons (Fsp3) is 0.423. The molecule has 30 heavy (non-hydrogen) atoms. The second kappa shape index (κ2) is 7.50. The van der Waals surface area contributed by atoms with Gasteiger partial charge in [0, 0.05) is 11.6 Å². The number of phenols is 1. The highest BCUT2D eigenvalue weighted by Crippen LogP contribution is 2.61. The summed E-state index contributed by atoms with van der Waals surface area (Å²) in [6.07, 6.45) is 9.40. The Bertz CT molecular complexity index is 961. The normalized spacial score (nSPS) is 29.4. The molecule has 6 rings (SSSR count). The molecule has 156 valence electrons. The van der Waals surface area contributed by atoms with Crippen LogP contribution in [0.4, 0.5) is 0 Å². The molecule has 0 radical (unpaired) electrons. The third-order valence-electron chi connectivity index (χ3n) is 7.55. The quantitative estimate of drug-likeness (QED) is 0.627. The van der Waals surface area contributed by atoms with Crippen LogP contribution in [0.15, 0.2) is 42.5 Å². The number of hydrogen-bond donors (Lipinski definition) is 2. The summed E-state index contributed by atoms with van der Waals surface area (Å²) < 4.78 is 5.68. The fourth-order valence-electron chi connectivity index (χ4n) is 6.66. The molecule has 4 heteroatoms. The predicted octanol–water partition coefficient (Wildman–Crippen LogP) is 5.71. The van der Waals surface area contributed by atoms with Gasteiger partial charge in [-0.05, 0) is 96.6 Å². The van der Waals surface area contributed by atoms with Gasteiger partial charge in [-0.1, -0.05) is 24.3 Å². The fourth-order valence-corrected chi connectivity index (χ4v) is 6.66. The number of methoxy groups -OCH3 is 1. The van der Waals surface area contributed by atoms with Gasteiger partial charge >= 0.3 is 5.97 Å². The second-order valence-corrected chi connectivity index (χ2v) is 9.37. The maximum atomic E-state index is 10.8. The average Bonchev–Trinajstić information content (AvgIpc) is 2.71. The SMILES string of the molecule is COc1c(O)cc(-c2ccc(C=CC(=O)O)cc2)cc1C1C2CC3CC(C2)CC1C3. The second-order valence-electron chi connectivity index (χ2n) is 9.37. The molecule has 4 aliphatic rings. The molecule has 0 spiro atoms. The largest absolute Gasteiger partial charge is 0.504 e. The van der Waals surface area contributed by atoms with Gasteiger partial charge in [0.2, 0.25) is 0 Å². The van der Waals surface area contributed by atoms with Crippen LogP contribution in [0, 0.1) is 23.7 Å². The molecule has 4 nitrogen and oxygen atoms in total. The Labute approximate surface area is 177 Å². The lowest BCUT2D eigenvalue weighted by Crippen LogP contribution is -2.43. The predicted molar refractivity (Wildman–Crippen MR) is 117 cm³/mol. The lowest BCUT2D eigenvalue weighted by Gasteiger charge is -2.54. The smallest absolute Gasteiger partial charge is 0.328 e. The highest BCUT2D eigenvalue weighted by Gasteiger charge is 2.49. The first-order valence-electron chi connectivity index (χ1n) is 10.9. The van der Waals surface area contributed by atoms with E-state index >= 15 is 0 Å². The van der Waals surface area contributed by atoms with Crippen LogP contribution in [0.5, 0.6) is 11.5 Å². The number of aromatic hydroxyl groups is 1. The Hall–Kier alpha value is -2.75. The molecular formula is C26H28O4. The molecule has 0 unspecified atom stereocenters. The van der Waals surface area contributed by atoms with Crippen molar-refractivity contribution in [3.8, 4) is 22.6 Å². The van der Waals surface area contributed by atoms with E-state index in [2.05, 4.69) is 6.07 Å². The molecule has 4 fully saturated rings. The first-order valence-corrected chi connectivity index (χ1v) is 10.9. The van der Waals surface area contributed by atoms with Crippen LogP contribution in [0.3, 0.4) is 0 Å². The molecule has 4 saturated carbocycles. The van der Waals surface area contributed by atoms with Crippen LogP contribution in [0.2, 0.25) is 0 Å². The lowest BCUT2D eigenvalue weighted by molar-refractivity contribution is -0.131. The number of carbonyl (C=O) groups is 1. The Kier molecular flexibility index (Phi) is 4.80. The number of carboxylic acids is 1. The molecule has 4 aliphatic carbocycles. The topological polar surface area (TPSA) is 66.8 Å². The van der Waals surface area contributed by atoms with Crippen molar-refractivity contribution in [3.05, 3.63) is 53.6 Å². The molecular weight excluding hydrogens is 376 g/mol. The van der Waals surface area contributed by atoms with Gasteiger partial charge in [-0.15, -0.1) is 0 Å². The number of phenolic OH excluding ortho intramolecular Hbond substituents is 1. The minimum absolute atomic E-state index is 0.202. The first kappa shape index (κ1) is 19.2. The zero-order chi connectivity index (χ0) is 20.8. The summed E-state index contributed by atoms with van der Waals surface area (Å²) in [5.41, 5.74) is 3.98. The lowest BCUT2D eigenvalue weighted by atomic mass is 9.50. The van der Waals surface area contributed by atoms with Crippen LogP contribution in [0.25, 0.3) is 17.2 Å². The average molecular weight is 405 g/mol. The molecule has 2 aromatic rings. The molecule has 2 N–H and O–H groups in total. The van der Waals surface area contributed by atoms with Crippen LogP contribution in [-0.2, 0) is 4.79 Å². The summed E-state index contributed by atoms with van der Waals surface area (Å²) in [5.74, 6) is 3.55. The van der Waals surface area contributed by atoms with Gasteiger partial charge in [0.1, 0.15) is 0 Å². The van der Waals surface area contributed by atoms with Crippen LogP contribution >= 0.6 is 0 Å². The van der Waals surface area contributed by atoms with Gasteiger partial charge < -0.3 is 14.9 Å². The maximum absolute atomic E-state index is 10.8. The molecule has 0 atom stereocenters. The van der Waals surface area contributed by atoms with Crippen molar-refractivity contribution >= 4 is 12.0 Å². The van der Waals surface area contributed by atoms with E-state index in [1.165, 1.54) is 32.1 Å². The zero-order valence-electron chi connectivity index (χ0n) is 17.3. The zero-order valence-corrected chi connectivity index (χ0v) is 17.3. The summed E-state index contributed by atoms with van der Waals surface area (Å²) in [5, 5.41) is 19.6. The molecule has 0 saturated heterocycles. The van der Waals surface area contributed by atoms with Crippen molar-refractivity contribution < 1.29 is 19.7 Å². The van der Waals surface area contributed by atoms with E-state index in [1.54, 1.807) is 19.3 Å². The van der Waals surface area contributed by atoms with Crippen LogP contribution in [-0.4, -0.2) is 23.3 Å². The van der Waals surface area contributed by atoms with E-state index in [1.807, 2.05) is 24.3 Å². The van der Waals surface area contributed by atoms with E-state index in [9.17, 15) is 9.90 Å². The van der Waals surface area contributed by atoms with E-state index in [0.717, 1.165) is 40.2 Å². The summed E-state index contributed by atoms with van der Waals surface area (Å²) in [4.78, 5) is 10.7. The third kappa shape index (κ3) is 3.38. The van der Waals surface area contributed by atoms with Crippen molar-refractivity contribution in [2.45, 2.75) is 38.0 Å². The van der Waals surface area contributed by atoms with E-state index < -0.39 is 5.97 Å². The minimum Gasteiger partial charge on any atom is -0.504 e. The van der Waals surface area contributed by atoms with Gasteiger partial charge in [0.05, 0.1) is 7.11 Å². The number of carboxylic acid groups (broad SMARTS) is 1. The van der Waals surface area contributed by atoms with Crippen LogP contribution in [0.1, 0.15) is 49.1 Å². The summed E-state index contributed by atoms with van der Waals surface area (Å²) >= 11 is 0. The molecule has 4 bridgehead atoms. The first-order chi connectivity index (χ1) is 14.5. The van der Waals surface area contributed by atoms with E-state index in [0.29, 0.717) is 23.5 Å². The standard InChI is InChI=1S/C26H28O4/c1-30-26-22(25-20-9-16-8-17(11-20)12-21(25)10-16)13-19(14-23(26)27)18-5-2-15(3-6-18)4-7-24(28)29/h2-7,13-14,16-17,20-21,25,27H,8-12H2,1H3,(H,28,29). The highest BCUT2D eigenvalue weighted by molar-refractivity contribution is 5.85. The Balaban J connectivity index is 1.51. The highest BCUT2D eigenvalue weighted by atomic mass is 16.5. The van der Waals surface area contributed by atoms with E-state index in [-0.39, 0.29) is 5.75 Å². The van der Waals surface area contributed by atoms with Gasteiger partial charge in [0.25, 0.3) is 0 Å². The number of aliphatic carboxylic acids is 1. The Morgan fingerprint density at radius 1 is 0.967 bits per heavy atom. The van der Waals surface area contributed by atoms with Gasteiger partial charge in [-0.3, -0.25) is 0 Å². The number of rotatable bonds is 5. The summed E-state index contributed by atoms with van der Waals surface area (Å²) in [6, 6.07) is 11.7. The van der Waals surface area contributed by atoms with Crippen molar-refractivity contribution in [3.63, 3.8) is 0 Å². The van der Waals surface area contributed by atoms with Gasteiger partial charge in [-0.25, -0.2) is 4.79 Å². The number of hydrogen-bond acceptors (Lipinski definition) is 3. The Morgan fingerprint density at radius 3 is 2.17 bits per heavy atom. The van der Waals surface area contributed by atoms with Crippen molar-refractivity contribution in [1.82, 2.24) is 0 Å².